The third kappa shape index (κ3) is 5.77. The van der Waals surface area contributed by atoms with E-state index >= 15 is 0 Å². The molecule has 0 radical (unpaired) electrons. The van der Waals surface area contributed by atoms with Gasteiger partial charge in [-0.1, -0.05) is 61.9 Å². The topological polar surface area (TPSA) is 32.6 Å². The van der Waals surface area contributed by atoms with Crippen LogP contribution in [0.25, 0.3) is 21.9 Å². The Kier molecular flexibility index (Phi) is 8.41. The van der Waals surface area contributed by atoms with Crippen LogP contribution in [0.5, 0.6) is 0 Å². The smallest absolute Gasteiger partial charge is 0.0428 e. The van der Waals surface area contributed by atoms with E-state index in [1.807, 2.05) is 6.92 Å². The summed E-state index contributed by atoms with van der Waals surface area (Å²) < 4.78 is 0. The van der Waals surface area contributed by atoms with E-state index in [0.29, 0.717) is 6.61 Å². The molecule has 0 amide bonds. The number of hydrogen-bond donors (Lipinski definition) is 1. The molecule has 0 saturated heterocycles. The molecule has 3 aromatic rings. The highest BCUT2D eigenvalue weighted by Gasteiger charge is 2.06. The first-order valence-corrected chi connectivity index (χ1v) is 10.2. The minimum atomic E-state index is 0.319. The van der Waals surface area contributed by atoms with E-state index in [4.69, 9.17) is 5.11 Å². The van der Waals surface area contributed by atoms with Gasteiger partial charge < -0.3 is 5.11 Å². The van der Waals surface area contributed by atoms with E-state index in [9.17, 15) is 0 Å². The standard InChI is InChI=1S/C23H25N.C3H8O/c1-5-11-24-18(4)23-15-22-14-21(10-9-20(22)13-17(23)3)19-8-6-7-16(2)12-19;1-2-3-4/h6-10,12-15H,5,11H2,1-4H3;4H,2-3H2,1H3. The maximum atomic E-state index is 7.88. The monoisotopic (exact) mass is 375 g/mol. The van der Waals surface area contributed by atoms with Crippen LogP contribution in [0.15, 0.2) is 59.6 Å². The molecule has 0 unspecified atom stereocenters. The molecule has 0 atom stereocenters. The minimum absolute atomic E-state index is 0.319. The number of fused-ring (bicyclic) bond motifs is 1. The summed E-state index contributed by atoms with van der Waals surface area (Å²) >= 11 is 0. The van der Waals surface area contributed by atoms with Gasteiger partial charge in [-0.2, -0.15) is 0 Å². The predicted octanol–water partition coefficient (Wildman–Crippen LogP) is 6.73. The van der Waals surface area contributed by atoms with Gasteiger partial charge in [0.25, 0.3) is 0 Å². The number of nitrogens with zero attached hydrogens (tertiary/aromatic N) is 1. The number of aliphatic imine (C=N–C) groups is 1. The molecule has 2 heteroatoms. The van der Waals surface area contributed by atoms with E-state index in [-0.39, 0.29) is 0 Å². The van der Waals surface area contributed by atoms with E-state index in [0.717, 1.165) is 25.1 Å². The summed E-state index contributed by atoms with van der Waals surface area (Å²) in [7, 11) is 0. The average molecular weight is 376 g/mol. The van der Waals surface area contributed by atoms with Gasteiger partial charge >= 0.3 is 0 Å². The van der Waals surface area contributed by atoms with Crippen LogP contribution in [0.3, 0.4) is 0 Å². The first-order chi connectivity index (χ1) is 13.5. The Morgan fingerprint density at radius 1 is 0.857 bits per heavy atom. The zero-order valence-corrected chi connectivity index (χ0v) is 17.9. The molecule has 148 valence electrons. The maximum absolute atomic E-state index is 7.88. The second-order valence-corrected chi connectivity index (χ2v) is 7.29. The number of aryl methyl sites for hydroxylation is 2. The van der Waals surface area contributed by atoms with Crippen molar-refractivity contribution in [2.75, 3.05) is 13.2 Å². The first kappa shape index (κ1) is 21.8. The van der Waals surface area contributed by atoms with E-state index in [2.05, 4.69) is 87.3 Å². The van der Waals surface area contributed by atoms with Crippen LogP contribution >= 0.6 is 0 Å². The molecule has 0 aliphatic carbocycles. The summed E-state index contributed by atoms with van der Waals surface area (Å²) in [4.78, 5) is 4.69. The molecule has 0 fully saturated rings. The quantitative estimate of drug-likeness (QED) is 0.493. The molecule has 3 aromatic carbocycles. The summed E-state index contributed by atoms with van der Waals surface area (Å²) in [6.45, 7) is 11.7. The van der Waals surface area contributed by atoms with Crippen LogP contribution in [-0.2, 0) is 0 Å². The summed E-state index contributed by atoms with van der Waals surface area (Å²) in [5, 5.41) is 10.4. The Hall–Kier alpha value is -2.45. The lowest BCUT2D eigenvalue weighted by Crippen LogP contribution is -1.99. The van der Waals surface area contributed by atoms with Crippen molar-refractivity contribution in [1.82, 2.24) is 0 Å². The number of hydrogen-bond acceptors (Lipinski definition) is 2. The largest absolute Gasteiger partial charge is 0.396 e. The zero-order chi connectivity index (χ0) is 20.5. The Morgan fingerprint density at radius 3 is 2.21 bits per heavy atom. The van der Waals surface area contributed by atoms with E-state index in [1.165, 1.54) is 38.6 Å². The van der Waals surface area contributed by atoms with Crippen molar-refractivity contribution in [1.29, 1.82) is 0 Å². The lowest BCUT2D eigenvalue weighted by atomic mass is 9.95. The molecular formula is C26H33NO. The maximum Gasteiger partial charge on any atom is 0.0428 e. The van der Waals surface area contributed by atoms with Gasteiger partial charge in [0.15, 0.2) is 0 Å². The second-order valence-electron chi connectivity index (χ2n) is 7.29. The fourth-order valence-corrected chi connectivity index (χ4v) is 3.17. The Morgan fingerprint density at radius 2 is 1.57 bits per heavy atom. The van der Waals surface area contributed by atoms with Crippen LogP contribution in [-0.4, -0.2) is 24.0 Å². The predicted molar refractivity (Wildman–Crippen MR) is 124 cm³/mol. The third-order valence-electron chi connectivity index (χ3n) is 4.72. The summed E-state index contributed by atoms with van der Waals surface area (Å²) in [6, 6.07) is 20.0. The van der Waals surface area contributed by atoms with Crippen molar-refractivity contribution in [3.05, 3.63) is 71.3 Å². The van der Waals surface area contributed by atoms with Gasteiger partial charge in [0.2, 0.25) is 0 Å². The van der Waals surface area contributed by atoms with Gasteiger partial charge in [-0.25, -0.2) is 0 Å². The van der Waals surface area contributed by atoms with Crippen LogP contribution in [0.4, 0.5) is 0 Å². The number of rotatable bonds is 5. The molecule has 3 rings (SSSR count). The Balaban J connectivity index is 0.000000640. The molecule has 28 heavy (non-hydrogen) atoms. The van der Waals surface area contributed by atoms with Gasteiger partial charge in [0, 0.05) is 18.9 Å². The number of benzene rings is 3. The highest BCUT2D eigenvalue weighted by Crippen LogP contribution is 2.27. The van der Waals surface area contributed by atoms with Crippen molar-refractivity contribution in [2.24, 2.45) is 4.99 Å². The van der Waals surface area contributed by atoms with Crippen molar-refractivity contribution in [3.8, 4) is 11.1 Å². The minimum Gasteiger partial charge on any atom is -0.396 e. The summed E-state index contributed by atoms with van der Waals surface area (Å²) in [6.07, 6.45) is 1.96. The van der Waals surface area contributed by atoms with Crippen LogP contribution in [0.1, 0.15) is 50.3 Å². The molecular weight excluding hydrogens is 342 g/mol. The molecule has 0 saturated carbocycles. The molecule has 0 aliphatic rings. The van der Waals surface area contributed by atoms with Gasteiger partial charge in [-0.15, -0.1) is 0 Å². The fraction of sp³-hybridized carbons (Fsp3) is 0.346. The molecule has 0 aliphatic heterocycles. The van der Waals surface area contributed by atoms with Crippen LogP contribution < -0.4 is 0 Å². The molecule has 0 bridgehead atoms. The summed E-state index contributed by atoms with van der Waals surface area (Å²) in [5.74, 6) is 0. The average Bonchev–Trinajstić information content (AvgIpc) is 2.71. The highest BCUT2D eigenvalue weighted by molar-refractivity contribution is 6.04. The highest BCUT2D eigenvalue weighted by atomic mass is 16.2. The van der Waals surface area contributed by atoms with Gasteiger partial charge in [-0.05, 0) is 78.8 Å². The van der Waals surface area contributed by atoms with Crippen molar-refractivity contribution >= 4 is 16.5 Å². The van der Waals surface area contributed by atoms with Crippen molar-refractivity contribution < 1.29 is 5.11 Å². The van der Waals surface area contributed by atoms with Crippen molar-refractivity contribution in [3.63, 3.8) is 0 Å². The summed E-state index contributed by atoms with van der Waals surface area (Å²) in [5.41, 5.74) is 7.52. The van der Waals surface area contributed by atoms with Gasteiger partial charge in [-0.3, -0.25) is 4.99 Å². The molecule has 1 N–H and O–H groups in total. The number of aliphatic hydroxyl groups excluding tert-OH is 1. The van der Waals surface area contributed by atoms with E-state index < -0.39 is 0 Å². The lowest BCUT2D eigenvalue weighted by molar-refractivity contribution is 0.295. The first-order valence-electron chi connectivity index (χ1n) is 10.2. The van der Waals surface area contributed by atoms with Gasteiger partial charge in [0.05, 0.1) is 0 Å². The van der Waals surface area contributed by atoms with E-state index in [1.54, 1.807) is 0 Å². The van der Waals surface area contributed by atoms with Gasteiger partial charge in [0.1, 0.15) is 0 Å². The lowest BCUT2D eigenvalue weighted by Gasteiger charge is -2.10. The normalized spacial score (nSPS) is 11.3. The zero-order valence-electron chi connectivity index (χ0n) is 17.9. The number of aliphatic hydroxyl groups is 1. The SMILES string of the molecule is CCCN=C(C)c1cc2cc(-c3cccc(C)c3)ccc2cc1C.CCCO. The van der Waals surface area contributed by atoms with Crippen LogP contribution in [0.2, 0.25) is 0 Å². The molecule has 0 spiro atoms. The Labute approximate surface area is 170 Å². The van der Waals surface area contributed by atoms with Crippen molar-refractivity contribution in [2.45, 2.75) is 47.5 Å². The molecule has 0 heterocycles. The fourth-order valence-electron chi connectivity index (χ4n) is 3.17. The molecule has 0 aromatic heterocycles. The second kappa shape index (κ2) is 10.8. The Bertz CT molecular complexity index is 938. The third-order valence-corrected chi connectivity index (χ3v) is 4.72. The van der Waals surface area contributed by atoms with Crippen LogP contribution in [0, 0.1) is 13.8 Å². The molecule has 2 nitrogen and oxygen atoms in total.